The highest BCUT2D eigenvalue weighted by Gasteiger charge is 2.32. The number of amides is 2. The lowest BCUT2D eigenvalue weighted by Crippen LogP contribution is -2.43. The zero-order chi connectivity index (χ0) is 24.0. The van der Waals surface area contributed by atoms with Gasteiger partial charge in [-0.05, 0) is 42.0 Å². The van der Waals surface area contributed by atoms with Crippen molar-refractivity contribution >= 4 is 18.0 Å². The molecule has 2 amide bonds. The number of aliphatic carboxylic acids is 1. The standard InChI is InChI=1S/C26H32N2O5/c1-4-17(14-23(29)27-16-26(3,5-2)24(30)31)28-25(32)33-15-22-20-12-8-6-10-18(20)19-11-7-9-13-21(19)22/h6-13,17,22H,4-5,14-16H2,1-3H3,(H,27,29)(H,28,32)(H,30,31)/t17-,26?/m1/s1. The number of benzene rings is 2. The number of carbonyl (C=O) groups excluding carboxylic acids is 2. The number of ether oxygens (including phenoxy) is 1. The van der Waals surface area contributed by atoms with Crippen LogP contribution in [0.5, 0.6) is 0 Å². The third-order valence-electron chi connectivity index (χ3n) is 6.56. The molecule has 1 unspecified atom stereocenters. The van der Waals surface area contributed by atoms with E-state index < -0.39 is 23.5 Å². The Hall–Kier alpha value is -3.35. The first-order valence-electron chi connectivity index (χ1n) is 11.4. The quantitative estimate of drug-likeness (QED) is 0.498. The number of carboxylic acids is 1. The van der Waals surface area contributed by atoms with Crippen LogP contribution in [-0.2, 0) is 14.3 Å². The first-order chi connectivity index (χ1) is 15.8. The van der Waals surface area contributed by atoms with E-state index >= 15 is 0 Å². The summed E-state index contributed by atoms with van der Waals surface area (Å²) in [6.45, 7) is 5.49. The fourth-order valence-corrected chi connectivity index (χ4v) is 4.05. The second-order valence-electron chi connectivity index (χ2n) is 8.78. The zero-order valence-corrected chi connectivity index (χ0v) is 19.4. The highest BCUT2D eigenvalue weighted by atomic mass is 16.5. The SMILES string of the molecule is CC[C@H](CC(=O)NCC(C)(CC)C(=O)O)NC(=O)OCC1c2ccccc2-c2ccccc21. The molecule has 0 radical (unpaired) electrons. The van der Waals surface area contributed by atoms with Crippen molar-refractivity contribution in [2.24, 2.45) is 5.41 Å². The van der Waals surface area contributed by atoms with Crippen LogP contribution in [0.25, 0.3) is 11.1 Å². The van der Waals surface area contributed by atoms with Crippen molar-refractivity contribution in [1.82, 2.24) is 10.6 Å². The van der Waals surface area contributed by atoms with E-state index in [1.54, 1.807) is 13.8 Å². The molecule has 2 atom stereocenters. The number of carbonyl (C=O) groups is 3. The fraction of sp³-hybridized carbons (Fsp3) is 0.423. The second-order valence-corrected chi connectivity index (χ2v) is 8.78. The van der Waals surface area contributed by atoms with E-state index in [9.17, 15) is 19.5 Å². The topological polar surface area (TPSA) is 105 Å². The molecule has 0 saturated carbocycles. The Kier molecular flexibility index (Phi) is 7.74. The van der Waals surface area contributed by atoms with Crippen molar-refractivity contribution < 1.29 is 24.2 Å². The van der Waals surface area contributed by atoms with Crippen LogP contribution >= 0.6 is 0 Å². The van der Waals surface area contributed by atoms with Crippen molar-refractivity contribution in [3.63, 3.8) is 0 Å². The minimum absolute atomic E-state index is 0.0331. The minimum atomic E-state index is -1.02. The van der Waals surface area contributed by atoms with Gasteiger partial charge in [0.2, 0.25) is 5.91 Å². The average Bonchev–Trinajstić information content (AvgIpc) is 3.14. The van der Waals surface area contributed by atoms with Crippen LogP contribution in [0.4, 0.5) is 4.79 Å². The predicted molar refractivity (Wildman–Crippen MR) is 126 cm³/mol. The third-order valence-corrected chi connectivity index (χ3v) is 6.56. The fourth-order valence-electron chi connectivity index (χ4n) is 4.05. The number of rotatable bonds is 10. The molecule has 7 heteroatoms. The van der Waals surface area contributed by atoms with E-state index in [2.05, 4.69) is 34.9 Å². The molecule has 3 rings (SSSR count). The Morgan fingerprint density at radius 1 is 1.03 bits per heavy atom. The normalized spacial score (nSPS) is 15.0. The van der Waals surface area contributed by atoms with Crippen LogP contribution in [0.3, 0.4) is 0 Å². The van der Waals surface area contributed by atoms with Gasteiger partial charge in [-0.15, -0.1) is 0 Å². The average molecular weight is 453 g/mol. The molecule has 0 saturated heterocycles. The summed E-state index contributed by atoms with van der Waals surface area (Å²) >= 11 is 0. The number of hydrogen-bond acceptors (Lipinski definition) is 4. The Morgan fingerprint density at radius 3 is 2.12 bits per heavy atom. The van der Waals surface area contributed by atoms with Gasteiger partial charge in [0.1, 0.15) is 6.61 Å². The molecule has 3 N–H and O–H groups in total. The van der Waals surface area contributed by atoms with Gasteiger partial charge in [-0.1, -0.05) is 62.4 Å². The summed E-state index contributed by atoms with van der Waals surface area (Å²) in [7, 11) is 0. The summed E-state index contributed by atoms with van der Waals surface area (Å²) < 4.78 is 5.56. The number of nitrogens with one attached hydrogen (secondary N) is 2. The van der Waals surface area contributed by atoms with Crippen LogP contribution in [0.2, 0.25) is 0 Å². The molecule has 1 aliphatic rings. The van der Waals surface area contributed by atoms with Gasteiger partial charge in [0.25, 0.3) is 0 Å². The summed E-state index contributed by atoms with van der Waals surface area (Å²) in [6.07, 6.45) is 0.430. The Morgan fingerprint density at radius 2 is 1.61 bits per heavy atom. The first-order valence-corrected chi connectivity index (χ1v) is 11.4. The molecule has 0 spiro atoms. The molecular weight excluding hydrogens is 420 g/mol. The monoisotopic (exact) mass is 452 g/mol. The summed E-state index contributed by atoms with van der Waals surface area (Å²) in [5.41, 5.74) is 3.57. The largest absolute Gasteiger partial charge is 0.481 e. The van der Waals surface area contributed by atoms with Gasteiger partial charge in [0, 0.05) is 24.9 Å². The van der Waals surface area contributed by atoms with Crippen molar-refractivity contribution in [2.45, 2.75) is 52.0 Å². The lowest BCUT2D eigenvalue weighted by Gasteiger charge is -2.24. The molecule has 0 heterocycles. The van der Waals surface area contributed by atoms with Gasteiger partial charge < -0.3 is 20.5 Å². The van der Waals surface area contributed by atoms with Crippen molar-refractivity contribution in [1.29, 1.82) is 0 Å². The number of hydrogen-bond donors (Lipinski definition) is 3. The molecule has 0 bridgehead atoms. The molecule has 2 aromatic carbocycles. The maximum Gasteiger partial charge on any atom is 0.407 e. The summed E-state index contributed by atoms with van der Waals surface area (Å²) in [6, 6.07) is 15.8. The minimum Gasteiger partial charge on any atom is -0.481 e. The predicted octanol–water partition coefficient (Wildman–Crippen LogP) is 4.31. The van der Waals surface area contributed by atoms with Gasteiger partial charge >= 0.3 is 12.1 Å². The smallest absolute Gasteiger partial charge is 0.407 e. The molecule has 2 aromatic rings. The molecule has 0 aromatic heterocycles. The Labute approximate surface area is 194 Å². The molecule has 0 aliphatic heterocycles. The maximum absolute atomic E-state index is 12.5. The van der Waals surface area contributed by atoms with Crippen LogP contribution in [0.1, 0.15) is 57.1 Å². The summed E-state index contributed by atoms with van der Waals surface area (Å²) in [4.78, 5) is 36.2. The third kappa shape index (κ3) is 5.53. The van der Waals surface area contributed by atoms with Crippen LogP contribution in [0, 0.1) is 5.41 Å². The zero-order valence-electron chi connectivity index (χ0n) is 19.4. The van der Waals surface area contributed by atoms with Gasteiger partial charge in [-0.3, -0.25) is 9.59 Å². The molecule has 0 fully saturated rings. The molecule has 7 nitrogen and oxygen atoms in total. The van der Waals surface area contributed by atoms with E-state index in [1.165, 1.54) is 0 Å². The lowest BCUT2D eigenvalue weighted by molar-refractivity contribution is -0.148. The first kappa shape index (κ1) is 24.3. The van der Waals surface area contributed by atoms with Crippen LogP contribution in [0.15, 0.2) is 48.5 Å². The van der Waals surface area contributed by atoms with Crippen LogP contribution in [-0.4, -0.2) is 42.3 Å². The van der Waals surface area contributed by atoms with E-state index in [0.29, 0.717) is 12.8 Å². The van der Waals surface area contributed by atoms with Gasteiger partial charge in [0.15, 0.2) is 0 Å². The lowest BCUT2D eigenvalue weighted by atomic mass is 9.87. The second kappa shape index (κ2) is 10.5. The van der Waals surface area contributed by atoms with Gasteiger partial charge in [-0.25, -0.2) is 4.79 Å². The number of carboxylic acid groups (broad SMARTS) is 1. The van der Waals surface area contributed by atoms with E-state index in [1.807, 2.05) is 31.2 Å². The van der Waals surface area contributed by atoms with E-state index in [-0.39, 0.29) is 31.4 Å². The Bertz CT molecular complexity index is 976. The van der Waals surface area contributed by atoms with E-state index in [0.717, 1.165) is 22.3 Å². The van der Waals surface area contributed by atoms with Crippen molar-refractivity contribution in [3.8, 4) is 11.1 Å². The van der Waals surface area contributed by atoms with Gasteiger partial charge in [-0.2, -0.15) is 0 Å². The highest BCUT2D eigenvalue weighted by Crippen LogP contribution is 2.44. The summed E-state index contributed by atoms with van der Waals surface area (Å²) in [5.74, 6) is -1.29. The Balaban J connectivity index is 1.54. The van der Waals surface area contributed by atoms with Gasteiger partial charge in [0.05, 0.1) is 5.41 Å². The van der Waals surface area contributed by atoms with Crippen molar-refractivity contribution in [2.75, 3.05) is 13.2 Å². The van der Waals surface area contributed by atoms with Crippen molar-refractivity contribution in [3.05, 3.63) is 59.7 Å². The number of fused-ring (bicyclic) bond motifs is 3. The van der Waals surface area contributed by atoms with Crippen LogP contribution < -0.4 is 10.6 Å². The molecule has 1 aliphatic carbocycles. The van der Waals surface area contributed by atoms with E-state index in [4.69, 9.17) is 4.74 Å². The molecular formula is C26H32N2O5. The summed E-state index contributed by atoms with van der Waals surface area (Å²) in [5, 5.41) is 14.8. The number of alkyl carbamates (subject to hydrolysis) is 1. The molecule has 176 valence electrons. The maximum atomic E-state index is 12.5. The highest BCUT2D eigenvalue weighted by molar-refractivity contribution is 5.80. The molecule has 33 heavy (non-hydrogen) atoms.